The van der Waals surface area contributed by atoms with Crippen LogP contribution in [0, 0.1) is 13.8 Å². The van der Waals surface area contributed by atoms with Gasteiger partial charge >= 0.3 is 0 Å². The van der Waals surface area contributed by atoms with E-state index in [0.29, 0.717) is 13.1 Å². The maximum atomic E-state index is 12.3. The third kappa shape index (κ3) is 4.50. The molecule has 0 unspecified atom stereocenters. The summed E-state index contributed by atoms with van der Waals surface area (Å²) in [6.45, 7) is 4.71. The minimum atomic E-state index is -2.38. The molecule has 0 atom stereocenters. The molecule has 0 bridgehead atoms. The minimum absolute atomic E-state index is 0. The lowest BCUT2D eigenvalue weighted by atomic mass is 10.2. The second kappa shape index (κ2) is 7.51. The Kier molecular flexibility index (Phi) is 6.29. The summed E-state index contributed by atoms with van der Waals surface area (Å²) in [6.07, 6.45) is 1.23. The van der Waals surface area contributed by atoms with Crippen LogP contribution in [0.25, 0.3) is 0 Å². The maximum Gasteiger partial charge on any atom is 0.257 e. The van der Waals surface area contributed by atoms with Gasteiger partial charge in [0, 0.05) is 43.2 Å². The fraction of sp³-hybridized carbons (Fsp3) is 0.538. The Hall–Kier alpha value is -1.47. The largest absolute Gasteiger partial charge is 0.308 e. The average Bonchev–Trinajstić information content (AvgIpc) is 2.85. The van der Waals surface area contributed by atoms with Crippen LogP contribution in [0.3, 0.4) is 0 Å². The number of aromatic nitrogens is 4. The molecule has 118 valence electrons. The van der Waals surface area contributed by atoms with E-state index in [2.05, 4.69) is 15.5 Å². The van der Waals surface area contributed by atoms with E-state index in [-0.39, 0.29) is 19.0 Å². The normalized spacial score (nSPS) is 11.0. The van der Waals surface area contributed by atoms with Gasteiger partial charge in [-0.15, -0.1) is 12.4 Å². The average molecular weight is 320 g/mol. The van der Waals surface area contributed by atoms with Crippen LogP contribution in [0.1, 0.15) is 22.5 Å². The maximum absolute atomic E-state index is 12.3. The first-order valence-corrected chi connectivity index (χ1v) is 6.46. The van der Waals surface area contributed by atoms with Crippen molar-refractivity contribution in [2.45, 2.75) is 39.9 Å². The first-order chi connectivity index (χ1) is 9.47. The molecule has 0 aromatic carbocycles. The van der Waals surface area contributed by atoms with Gasteiger partial charge in [0.25, 0.3) is 6.43 Å². The van der Waals surface area contributed by atoms with Crippen LogP contribution >= 0.6 is 12.4 Å². The van der Waals surface area contributed by atoms with E-state index in [1.807, 2.05) is 27.1 Å². The number of hydrogen-bond donors (Lipinski definition) is 1. The van der Waals surface area contributed by atoms with E-state index >= 15 is 0 Å². The van der Waals surface area contributed by atoms with Crippen LogP contribution in [0.5, 0.6) is 0 Å². The second-order valence-electron chi connectivity index (χ2n) is 4.85. The molecule has 0 amide bonds. The van der Waals surface area contributed by atoms with Crippen molar-refractivity contribution in [1.82, 2.24) is 24.9 Å². The third-order valence-corrected chi connectivity index (χ3v) is 3.26. The summed E-state index contributed by atoms with van der Waals surface area (Å²) in [5, 5.41) is 11.5. The lowest BCUT2D eigenvalue weighted by molar-refractivity contribution is 0.121. The third-order valence-electron chi connectivity index (χ3n) is 3.26. The van der Waals surface area contributed by atoms with Gasteiger partial charge in [0.1, 0.15) is 6.54 Å². The van der Waals surface area contributed by atoms with Crippen molar-refractivity contribution >= 4 is 12.4 Å². The van der Waals surface area contributed by atoms with Gasteiger partial charge in [-0.05, 0) is 13.8 Å². The Bertz CT molecular complexity index is 579. The molecule has 21 heavy (non-hydrogen) atoms. The second-order valence-corrected chi connectivity index (χ2v) is 4.85. The summed E-state index contributed by atoms with van der Waals surface area (Å²) >= 11 is 0. The van der Waals surface area contributed by atoms with Gasteiger partial charge in [0.15, 0.2) is 0 Å². The van der Waals surface area contributed by atoms with Crippen LogP contribution in [0.2, 0.25) is 0 Å². The molecule has 0 aliphatic rings. The first-order valence-electron chi connectivity index (χ1n) is 6.46. The van der Waals surface area contributed by atoms with Crippen LogP contribution in [-0.2, 0) is 26.7 Å². The van der Waals surface area contributed by atoms with Gasteiger partial charge in [-0.2, -0.15) is 10.2 Å². The number of aryl methyl sites for hydroxylation is 2. The highest BCUT2D eigenvalue weighted by molar-refractivity contribution is 5.85. The molecule has 0 fully saturated rings. The van der Waals surface area contributed by atoms with Gasteiger partial charge < -0.3 is 5.32 Å². The van der Waals surface area contributed by atoms with E-state index in [1.165, 1.54) is 4.68 Å². The van der Waals surface area contributed by atoms with Crippen molar-refractivity contribution < 1.29 is 8.78 Å². The van der Waals surface area contributed by atoms with E-state index in [0.717, 1.165) is 22.5 Å². The van der Waals surface area contributed by atoms with E-state index in [9.17, 15) is 8.78 Å². The molecule has 0 aliphatic heterocycles. The van der Waals surface area contributed by atoms with Gasteiger partial charge in [-0.1, -0.05) is 0 Å². The molecular formula is C13H20ClF2N5. The number of rotatable bonds is 6. The first kappa shape index (κ1) is 17.6. The Balaban J connectivity index is 0.00000220. The summed E-state index contributed by atoms with van der Waals surface area (Å²) in [4.78, 5) is 0. The van der Waals surface area contributed by atoms with Gasteiger partial charge in [-0.3, -0.25) is 9.36 Å². The highest BCUT2D eigenvalue weighted by Crippen LogP contribution is 2.10. The molecule has 0 saturated heterocycles. The fourth-order valence-corrected chi connectivity index (χ4v) is 2.13. The summed E-state index contributed by atoms with van der Waals surface area (Å²) in [6, 6.07) is 0. The van der Waals surface area contributed by atoms with Crippen LogP contribution in [0.4, 0.5) is 8.78 Å². The van der Waals surface area contributed by atoms with Crippen LogP contribution in [-0.4, -0.2) is 26.0 Å². The van der Waals surface area contributed by atoms with Crippen molar-refractivity contribution in [1.29, 1.82) is 0 Å². The molecule has 8 heteroatoms. The lowest BCUT2D eigenvalue weighted by Gasteiger charge is -2.06. The molecule has 0 spiro atoms. The van der Waals surface area contributed by atoms with Crippen molar-refractivity contribution in [3.8, 4) is 0 Å². The smallest absolute Gasteiger partial charge is 0.257 e. The summed E-state index contributed by atoms with van der Waals surface area (Å²) in [5.74, 6) is 0. The number of halogens is 3. The highest BCUT2D eigenvalue weighted by Gasteiger charge is 2.11. The van der Waals surface area contributed by atoms with Crippen molar-refractivity contribution in [3.63, 3.8) is 0 Å². The van der Waals surface area contributed by atoms with E-state index in [4.69, 9.17) is 0 Å². The molecular weight excluding hydrogens is 300 g/mol. The number of hydrogen-bond acceptors (Lipinski definition) is 3. The zero-order chi connectivity index (χ0) is 14.7. The SMILES string of the molecule is Cc1nn(C)cc1CNCc1cnn(CC(F)F)c1C.Cl. The molecule has 2 rings (SSSR count). The molecule has 2 heterocycles. The number of nitrogens with zero attached hydrogens (tertiary/aromatic N) is 4. The zero-order valence-corrected chi connectivity index (χ0v) is 13.1. The quantitative estimate of drug-likeness (QED) is 0.888. The van der Waals surface area contributed by atoms with Gasteiger partial charge in [0.2, 0.25) is 0 Å². The van der Waals surface area contributed by atoms with E-state index < -0.39 is 6.43 Å². The standard InChI is InChI=1S/C13H19F2N5.ClH/c1-9-12(7-19(3)18-9)5-16-4-11-6-17-20(10(11)2)8-13(14)15;/h6-7,13,16H,4-5,8H2,1-3H3;1H. The molecule has 2 aromatic rings. The zero-order valence-electron chi connectivity index (χ0n) is 12.3. The Morgan fingerprint density at radius 1 is 1.24 bits per heavy atom. The van der Waals surface area contributed by atoms with Crippen LogP contribution in [0.15, 0.2) is 12.4 Å². The number of alkyl halides is 2. The highest BCUT2D eigenvalue weighted by atomic mass is 35.5. The summed E-state index contributed by atoms with van der Waals surface area (Å²) in [7, 11) is 1.88. The number of nitrogens with one attached hydrogen (secondary N) is 1. The van der Waals surface area contributed by atoms with Gasteiger partial charge in [0.05, 0.1) is 11.9 Å². The topological polar surface area (TPSA) is 47.7 Å². The predicted molar refractivity (Wildman–Crippen MR) is 78.7 cm³/mol. The monoisotopic (exact) mass is 319 g/mol. The van der Waals surface area contributed by atoms with Crippen LogP contribution < -0.4 is 5.32 Å². The van der Waals surface area contributed by atoms with Gasteiger partial charge in [-0.25, -0.2) is 8.78 Å². The lowest BCUT2D eigenvalue weighted by Crippen LogP contribution is -2.14. The summed E-state index contributed by atoms with van der Waals surface area (Å²) < 4.78 is 27.8. The molecule has 0 radical (unpaired) electrons. The Labute approximate surface area is 128 Å². The molecule has 1 N–H and O–H groups in total. The van der Waals surface area contributed by atoms with Crippen molar-refractivity contribution in [2.24, 2.45) is 7.05 Å². The predicted octanol–water partition coefficient (Wildman–Crippen LogP) is 2.21. The van der Waals surface area contributed by atoms with Crippen molar-refractivity contribution in [2.75, 3.05) is 0 Å². The Morgan fingerprint density at radius 3 is 2.48 bits per heavy atom. The molecule has 0 aliphatic carbocycles. The Morgan fingerprint density at radius 2 is 1.90 bits per heavy atom. The molecule has 2 aromatic heterocycles. The minimum Gasteiger partial charge on any atom is -0.308 e. The molecule has 0 saturated carbocycles. The summed E-state index contributed by atoms with van der Waals surface area (Å²) in [5.41, 5.74) is 3.84. The molecule has 5 nitrogen and oxygen atoms in total. The van der Waals surface area contributed by atoms with Crippen molar-refractivity contribution in [3.05, 3.63) is 34.9 Å². The fourth-order valence-electron chi connectivity index (χ4n) is 2.13. The van der Waals surface area contributed by atoms with E-state index in [1.54, 1.807) is 10.9 Å².